The molecule has 2 aromatic rings. The zero-order chi connectivity index (χ0) is 15.7. The summed E-state index contributed by atoms with van der Waals surface area (Å²) in [6.45, 7) is 7.25. The van der Waals surface area contributed by atoms with E-state index in [2.05, 4.69) is 57.2 Å². The Kier molecular flexibility index (Phi) is 3.88. The third kappa shape index (κ3) is 3.12. The maximum atomic E-state index is 6.22. The number of halogens is 1. The molecule has 0 bridgehead atoms. The van der Waals surface area contributed by atoms with Crippen molar-refractivity contribution in [1.29, 1.82) is 0 Å². The summed E-state index contributed by atoms with van der Waals surface area (Å²) in [6.07, 6.45) is 3.84. The van der Waals surface area contributed by atoms with Crippen LogP contribution in [0.1, 0.15) is 19.4 Å². The van der Waals surface area contributed by atoms with Crippen LogP contribution in [0.15, 0.2) is 54.8 Å². The van der Waals surface area contributed by atoms with Crippen molar-refractivity contribution in [3.63, 3.8) is 0 Å². The summed E-state index contributed by atoms with van der Waals surface area (Å²) in [4.78, 5) is 5.73. The number of anilines is 1. The predicted molar refractivity (Wildman–Crippen MR) is 93.0 cm³/mol. The first-order valence-electron chi connectivity index (χ1n) is 7.43. The molecule has 3 rings (SSSR count). The number of benzene rings is 2. The van der Waals surface area contributed by atoms with E-state index in [1.165, 1.54) is 5.56 Å². The highest BCUT2D eigenvalue weighted by atomic mass is 35.5. The van der Waals surface area contributed by atoms with Crippen LogP contribution in [0, 0.1) is 12.3 Å². The first-order valence-corrected chi connectivity index (χ1v) is 7.81. The molecule has 22 heavy (non-hydrogen) atoms. The van der Waals surface area contributed by atoms with E-state index in [0.29, 0.717) is 5.02 Å². The second-order valence-corrected chi connectivity index (χ2v) is 6.90. The van der Waals surface area contributed by atoms with Crippen molar-refractivity contribution in [3.05, 3.63) is 65.4 Å². The van der Waals surface area contributed by atoms with Gasteiger partial charge in [0.2, 0.25) is 0 Å². The lowest BCUT2D eigenvalue weighted by Crippen LogP contribution is -2.35. The molecule has 0 unspecified atom stereocenters. The fraction of sp³-hybridized carbons (Fsp3) is 0.263. The Morgan fingerprint density at radius 1 is 1.09 bits per heavy atom. The Morgan fingerprint density at radius 2 is 1.82 bits per heavy atom. The number of hydrogen-bond donors (Lipinski definition) is 0. The van der Waals surface area contributed by atoms with E-state index in [4.69, 9.17) is 16.4 Å². The summed E-state index contributed by atoms with van der Waals surface area (Å²) in [5, 5.41) is 2.63. The minimum absolute atomic E-state index is 0.0606. The van der Waals surface area contributed by atoms with E-state index in [0.717, 1.165) is 23.4 Å². The van der Waals surface area contributed by atoms with Gasteiger partial charge in [0.25, 0.3) is 0 Å². The molecule has 0 aromatic heterocycles. The van der Waals surface area contributed by atoms with Crippen LogP contribution in [0.3, 0.4) is 0 Å². The lowest BCUT2D eigenvalue weighted by Gasteiger charge is -2.35. The number of hydrogen-bond acceptors (Lipinski definition) is 2. The molecule has 1 heterocycles. The lowest BCUT2D eigenvalue weighted by atomic mass is 9.92. The Bertz CT molecular complexity index is 704. The Balaban J connectivity index is 2.05. The Labute approximate surface area is 136 Å². The van der Waals surface area contributed by atoms with Crippen molar-refractivity contribution >= 4 is 17.3 Å². The smallest absolute Gasteiger partial charge is 0.116 e. The van der Waals surface area contributed by atoms with Crippen molar-refractivity contribution in [3.8, 4) is 11.1 Å². The van der Waals surface area contributed by atoms with Gasteiger partial charge < -0.3 is 4.84 Å². The van der Waals surface area contributed by atoms with Crippen LogP contribution in [0.5, 0.6) is 0 Å². The van der Waals surface area contributed by atoms with Crippen LogP contribution in [0.2, 0.25) is 5.02 Å². The van der Waals surface area contributed by atoms with Gasteiger partial charge in [0.05, 0.1) is 12.2 Å². The van der Waals surface area contributed by atoms with Gasteiger partial charge in [0.15, 0.2) is 0 Å². The molecule has 0 saturated heterocycles. The van der Waals surface area contributed by atoms with Crippen molar-refractivity contribution < 1.29 is 4.84 Å². The van der Waals surface area contributed by atoms with Crippen molar-refractivity contribution in [2.24, 2.45) is 5.41 Å². The van der Waals surface area contributed by atoms with Crippen LogP contribution in [0.25, 0.3) is 11.1 Å². The number of aryl methyl sites for hydroxylation is 1. The summed E-state index contributed by atoms with van der Waals surface area (Å²) in [5.74, 6) is 0. The second-order valence-electron chi connectivity index (χ2n) is 6.46. The maximum Gasteiger partial charge on any atom is 0.116 e. The minimum atomic E-state index is 0.0606. The van der Waals surface area contributed by atoms with Crippen molar-refractivity contribution in [2.45, 2.75) is 20.8 Å². The Morgan fingerprint density at radius 3 is 2.50 bits per heavy atom. The van der Waals surface area contributed by atoms with E-state index in [1.807, 2.05) is 17.2 Å². The summed E-state index contributed by atoms with van der Waals surface area (Å²) in [5.41, 5.74) is 4.58. The summed E-state index contributed by atoms with van der Waals surface area (Å²) in [6, 6.07) is 14.4. The van der Waals surface area contributed by atoms with Gasteiger partial charge >= 0.3 is 0 Å². The van der Waals surface area contributed by atoms with Gasteiger partial charge in [-0.25, -0.2) is 5.06 Å². The highest BCUT2D eigenvalue weighted by Gasteiger charge is 2.26. The van der Waals surface area contributed by atoms with Gasteiger partial charge in [-0.15, -0.1) is 0 Å². The van der Waals surface area contributed by atoms with E-state index in [9.17, 15) is 0 Å². The topological polar surface area (TPSA) is 12.5 Å². The summed E-state index contributed by atoms with van der Waals surface area (Å²) in [7, 11) is 0. The van der Waals surface area contributed by atoms with Crippen molar-refractivity contribution in [2.75, 3.05) is 11.6 Å². The maximum absolute atomic E-state index is 6.22. The molecule has 1 aliphatic rings. The molecule has 0 aliphatic carbocycles. The fourth-order valence-corrected chi connectivity index (χ4v) is 2.74. The molecular weight excluding hydrogens is 294 g/mol. The monoisotopic (exact) mass is 313 g/mol. The van der Waals surface area contributed by atoms with Crippen LogP contribution >= 0.6 is 11.6 Å². The highest BCUT2D eigenvalue weighted by molar-refractivity contribution is 6.31. The average Bonchev–Trinajstić information content (AvgIpc) is 2.47. The summed E-state index contributed by atoms with van der Waals surface area (Å²) < 4.78 is 0. The van der Waals surface area contributed by atoms with Crippen LogP contribution in [0.4, 0.5) is 5.69 Å². The van der Waals surface area contributed by atoms with Gasteiger partial charge in [-0.1, -0.05) is 61.3 Å². The van der Waals surface area contributed by atoms with E-state index in [1.54, 1.807) is 6.26 Å². The summed E-state index contributed by atoms with van der Waals surface area (Å²) >= 11 is 6.22. The molecule has 0 radical (unpaired) electrons. The minimum Gasteiger partial charge on any atom is -0.388 e. The lowest BCUT2D eigenvalue weighted by molar-refractivity contribution is 0.163. The SMILES string of the molecule is Cc1ccc(-c2ccc(Cl)cc2N2CC(C)(C)C=CO2)cc1. The third-order valence-corrected chi connectivity index (χ3v) is 4.08. The molecule has 0 fully saturated rings. The standard InChI is InChI=1S/C19H20ClNO/c1-14-4-6-15(7-5-14)17-9-8-16(20)12-18(17)21-13-19(2,3)10-11-22-21/h4-12H,13H2,1-3H3. The average molecular weight is 314 g/mol. The molecule has 0 spiro atoms. The first kappa shape index (κ1) is 15.0. The molecule has 0 amide bonds. The number of rotatable bonds is 2. The molecule has 0 saturated carbocycles. The molecule has 1 aliphatic heterocycles. The van der Waals surface area contributed by atoms with Gasteiger partial charge in [0, 0.05) is 16.0 Å². The van der Waals surface area contributed by atoms with Gasteiger partial charge in [-0.2, -0.15) is 0 Å². The molecule has 2 nitrogen and oxygen atoms in total. The first-order chi connectivity index (χ1) is 10.4. The van der Waals surface area contributed by atoms with Crippen molar-refractivity contribution in [1.82, 2.24) is 0 Å². The molecular formula is C19H20ClNO. The second kappa shape index (κ2) is 5.69. The number of nitrogens with zero attached hydrogens (tertiary/aromatic N) is 1. The largest absolute Gasteiger partial charge is 0.388 e. The van der Waals surface area contributed by atoms with E-state index < -0.39 is 0 Å². The van der Waals surface area contributed by atoms with E-state index in [-0.39, 0.29) is 5.41 Å². The molecule has 3 heteroatoms. The van der Waals surface area contributed by atoms with Gasteiger partial charge in [-0.3, -0.25) is 0 Å². The number of hydroxylamine groups is 1. The predicted octanol–water partition coefficient (Wildman–Crippen LogP) is 5.61. The highest BCUT2D eigenvalue weighted by Crippen LogP contribution is 2.37. The zero-order valence-electron chi connectivity index (χ0n) is 13.1. The zero-order valence-corrected chi connectivity index (χ0v) is 13.9. The Hall–Kier alpha value is -1.93. The van der Waals surface area contributed by atoms with Gasteiger partial charge in [-0.05, 0) is 30.7 Å². The van der Waals surface area contributed by atoms with E-state index >= 15 is 0 Å². The molecule has 0 N–H and O–H groups in total. The normalized spacial score (nSPS) is 16.5. The van der Waals surface area contributed by atoms with Crippen LogP contribution < -0.4 is 5.06 Å². The van der Waals surface area contributed by atoms with Gasteiger partial charge in [0.1, 0.15) is 6.26 Å². The molecule has 0 atom stereocenters. The molecule has 2 aromatic carbocycles. The van der Waals surface area contributed by atoms with Crippen LogP contribution in [-0.2, 0) is 4.84 Å². The van der Waals surface area contributed by atoms with Crippen LogP contribution in [-0.4, -0.2) is 6.54 Å². The molecule has 114 valence electrons. The fourth-order valence-electron chi connectivity index (χ4n) is 2.58. The quantitative estimate of drug-likeness (QED) is 0.714. The third-order valence-electron chi connectivity index (χ3n) is 3.85.